The molecule has 5 nitrogen and oxygen atoms in total. The van der Waals surface area contributed by atoms with Gasteiger partial charge < -0.3 is 0 Å². The zero-order valence-electron chi connectivity index (χ0n) is 11.1. The molecule has 2 rings (SSSR count). The summed E-state index contributed by atoms with van der Waals surface area (Å²) in [5.74, 6) is -2.50. The summed E-state index contributed by atoms with van der Waals surface area (Å²) in [4.78, 5) is 36.4. The summed E-state index contributed by atoms with van der Waals surface area (Å²) < 4.78 is 13.6. The van der Waals surface area contributed by atoms with Gasteiger partial charge in [0, 0.05) is 5.56 Å². The van der Waals surface area contributed by atoms with E-state index in [9.17, 15) is 18.8 Å². The highest BCUT2D eigenvalue weighted by Gasteiger charge is 2.39. The Hall–Kier alpha value is -2.24. The molecule has 4 amide bonds. The lowest BCUT2D eigenvalue weighted by molar-refractivity contribution is -0.143. The Balaban J connectivity index is 2.22. The maximum absolute atomic E-state index is 13.6. The van der Waals surface area contributed by atoms with E-state index >= 15 is 0 Å². The second-order valence-corrected chi connectivity index (χ2v) is 4.65. The van der Waals surface area contributed by atoms with Gasteiger partial charge in [-0.1, -0.05) is 31.5 Å². The van der Waals surface area contributed by atoms with Gasteiger partial charge in [0.25, 0.3) is 0 Å². The van der Waals surface area contributed by atoms with E-state index in [1.165, 1.54) is 18.2 Å². The van der Waals surface area contributed by atoms with Gasteiger partial charge in [-0.15, -0.1) is 0 Å². The maximum atomic E-state index is 13.6. The quantitative estimate of drug-likeness (QED) is 0.854. The highest BCUT2D eigenvalue weighted by atomic mass is 19.1. The van der Waals surface area contributed by atoms with Crippen LogP contribution in [0, 0.1) is 11.7 Å². The smallest absolute Gasteiger partial charge is 0.277 e. The average Bonchev–Trinajstić information content (AvgIpc) is 2.41. The Morgan fingerprint density at radius 2 is 1.95 bits per heavy atom. The van der Waals surface area contributed by atoms with E-state index < -0.39 is 29.6 Å². The van der Waals surface area contributed by atoms with Crippen LogP contribution in [0.5, 0.6) is 0 Å². The first-order valence-corrected chi connectivity index (χ1v) is 6.44. The Bertz CT molecular complexity index is 559. The van der Waals surface area contributed by atoms with Crippen molar-refractivity contribution in [3.05, 3.63) is 35.6 Å². The van der Waals surface area contributed by atoms with Crippen molar-refractivity contribution < 1.29 is 18.8 Å². The maximum Gasteiger partial charge on any atom is 0.331 e. The van der Waals surface area contributed by atoms with Gasteiger partial charge >= 0.3 is 6.03 Å². The molecule has 1 aliphatic rings. The fourth-order valence-electron chi connectivity index (χ4n) is 2.15. The average molecular weight is 278 g/mol. The molecule has 0 saturated carbocycles. The van der Waals surface area contributed by atoms with Gasteiger partial charge in [-0.05, 0) is 12.5 Å². The minimum absolute atomic E-state index is 0.176. The van der Waals surface area contributed by atoms with Gasteiger partial charge in [-0.3, -0.25) is 19.8 Å². The van der Waals surface area contributed by atoms with Crippen molar-refractivity contribution in [2.45, 2.75) is 26.3 Å². The zero-order chi connectivity index (χ0) is 14.7. The molecule has 1 unspecified atom stereocenters. The third-order valence-electron chi connectivity index (χ3n) is 3.22. The van der Waals surface area contributed by atoms with E-state index in [1.807, 2.05) is 6.92 Å². The number of barbiturate groups is 1. The topological polar surface area (TPSA) is 66.5 Å². The number of benzene rings is 1. The van der Waals surface area contributed by atoms with Crippen LogP contribution in [0.1, 0.15) is 25.3 Å². The third kappa shape index (κ3) is 2.68. The Morgan fingerprint density at radius 3 is 2.60 bits per heavy atom. The fraction of sp³-hybridized carbons (Fsp3) is 0.357. The van der Waals surface area contributed by atoms with E-state index in [1.54, 1.807) is 6.07 Å². The molecule has 0 radical (unpaired) electrons. The van der Waals surface area contributed by atoms with Crippen LogP contribution in [0.4, 0.5) is 9.18 Å². The van der Waals surface area contributed by atoms with Crippen molar-refractivity contribution in [2.75, 3.05) is 0 Å². The van der Waals surface area contributed by atoms with Crippen LogP contribution in [0.3, 0.4) is 0 Å². The molecule has 106 valence electrons. The molecule has 1 aliphatic heterocycles. The first-order chi connectivity index (χ1) is 9.54. The van der Waals surface area contributed by atoms with Crippen LogP contribution in [-0.4, -0.2) is 22.7 Å². The number of hydrogen-bond donors (Lipinski definition) is 1. The molecule has 1 atom stereocenters. The van der Waals surface area contributed by atoms with E-state index in [-0.39, 0.29) is 12.1 Å². The molecule has 1 N–H and O–H groups in total. The summed E-state index contributed by atoms with van der Waals surface area (Å²) >= 11 is 0. The minimum Gasteiger partial charge on any atom is -0.277 e. The van der Waals surface area contributed by atoms with E-state index in [0.29, 0.717) is 12.8 Å². The van der Waals surface area contributed by atoms with Gasteiger partial charge in [0.15, 0.2) is 0 Å². The summed E-state index contributed by atoms with van der Waals surface area (Å²) in [6, 6.07) is 5.12. The van der Waals surface area contributed by atoms with Crippen molar-refractivity contribution in [1.82, 2.24) is 10.2 Å². The Kier molecular flexibility index (Phi) is 4.12. The van der Waals surface area contributed by atoms with Gasteiger partial charge in [0.1, 0.15) is 11.7 Å². The van der Waals surface area contributed by atoms with Gasteiger partial charge in [-0.25, -0.2) is 9.18 Å². The first kappa shape index (κ1) is 14.2. The van der Waals surface area contributed by atoms with Crippen LogP contribution in [0.15, 0.2) is 24.3 Å². The summed E-state index contributed by atoms with van der Waals surface area (Å²) in [7, 11) is 0. The number of carbonyl (C=O) groups is 3. The lowest BCUT2D eigenvalue weighted by atomic mass is 9.99. The minimum atomic E-state index is -0.871. The van der Waals surface area contributed by atoms with Crippen LogP contribution in [0.2, 0.25) is 0 Å². The van der Waals surface area contributed by atoms with E-state index in [2.05, 4.69) is 5.32 Å². The van der Waals surface area contributed by atoms with Gasteiger partial charge in [0.05, 0.1) is 6.54 Å². The molecule has 1 saturated heterocycles. The molecule has 6 heteroatoms. The molecule has 1 aromatic carbocycles. The van der Waals surface area contributed by atoms with Crippen molar-refractivity contribution in [3.63, 3.8) is 0 Å². The number of nitrogens with one attached hydrogen (secondary N) is 1. The Labute approximate surface area is 115 Å². The van der Waals surface area contributed by atoms with Crippen LogP contribution >= 0.6 is 0 Å². The standard InChI is InChI=1S/C14H15FN2O3/c1-2-5-10-12(18)16-14(20)17(13(10)19)8-9-6-3-4-7-11(9)15/h3-4,6-7,10H,2,5,8H2,1H3,(H,16,18,20). The number of nitrogens with zero attached hydrogens (tertiary/aromatic N) is 1. The predicted octanol–water partition coefficient (Wildman–Crippen LogP) is 1.82. The number of hydrogen-bond acceptors (Lipinski definition) is 3. The lowest BCUT2D eigenvalue weighted by Crippen LogP contribution is -2.57. The molecule has 0 aromatic heterocycles. The molecule has 1 aromatic rings. The fourth-order valence-corrected chi connectivity index (χ4v) is 2.15. The van der Waals surface area contributed by atoms with Crippen molar-refractivity contribution in [1.29, 1.82) is 0 Å². The number of rotatable bonds is 4. The first-order valence-electron chi connectivity index (χ1n) is 6.44. The van der Waals surface area contributed by atoms with E-state index in [0.717, 1.165) is 4.90 Å². The van der Waals surface area contributed by atoms with Crippen LogP contribution < -0.4 is 5.32 Å². The summed E-state index contributed by atoms with van der Waals surface area (Å²) in [5, 5.41) is 2.14. The second kappa shape index (κ2) is 5.81. The van der Waals surface area contributed by atoms with Gasteiger partial charge in [0.2, 0.25) is 11.8 Å². The largest absolute Gasteiger partial charge is 0.331 e. The Morgan fingerprint density at radius 1 is 1.25 bits per heavy atom. The van der Waals surface area contributed by atoms with Crippen molar-refractivity contribution in [3.8, 4) is 0 Å². The molecular formula is C14H15FN2O3. The van der Waals surface area contributed by atoms with Crippen molar-refractivity contribution >= 4 is 17.8 Å². The SMILES string of the molecule is CCCC1C(=O)NC(=O)N(Cc2ccccc2F)C1=O. The van der Waals surface area contributed by atoms with Crippen molar-refractivity contribution in [2.24, 2.45) is 5.92 Å². The molecule has 20 heavy (non-hydrogen) atoms. The molecule has 0 aliphatic carbocycles. The second-order valence-electron chi connectivity index (χ2n) is 4.65. The van der Waals surface area contributed by atoms with Crippen LogP contribution in [0.25, 0.3) is 0 Å². The zero-order valence-corrected chi connectivity index (χ0v) is 11.1. The number of carbonyl (C=O) groups excluding carboxylic acids is 3. The molecule has 0 bridgehead atoms. The molecule has 0 spiro atoms. The number of imide groups is 2. The summed E-state index contributed by atoms with van der Waals surface area (Å²) in [6.45, 7) is 1.67. The molecule has 1 fully saturated rings. The highest BCUT2D eigenvalue weighted by Crippen LogP contribution is 2.19. The third-order valence-corrected chi connectivity index (χ3v) is 3.22. The number of urea groups is 1. The van der Waals surface area contributed by atoms with Crippen LogP contribution in [-0.2, 0) is 16.1 Å². The number of amides is 4. The summed E-state index contributed by atoms with van der Waals surface area (Å²) in [5.41, 5.74) is 0.237. The number of halogens is 1. The molecular weight excluding hydrogens is 263 g/mol. The van der Waals surface area contributed by atoms with Gasteiger partial charge in [-0.2, -0.15) is 0 Å². The normalized spacial score (nSPS) is 19.2. The monoisotopic (exact) mass is 278 g/mol. The highest BCUT2D eigenvalue weighted by molar-refractivity contribution is 6.16. The lowest BCUT2D eigenvalue weighted by Gasteiger charge is -2.30. The van der Waals surface area contributed by atoms with E-state index in [4.69, 9.17) is 0 Å². The molecule has 1 heterocycles. The summed E-state index contributed by atoms with van der Waals surface area (Å²) in [6.07, 6.45) is 1.01. The predicted molar refractivity (Wildman–Crippen MR) is 68.9 cm³/mol.